The summed E-state index contributed by atoms with van der Waals surface area (Å²) < 4.78 is 78.0. The molecule has 0 saturated carbocycles. The van der Waals surface area contributed by atoms with Crippen LogP contribution in [0.15, 0.2) is 84.0 Å². The van der Waals surface area contributed by atoms with E-state index in [9.17, 15) is 40.7 Å². The number of rotatable bonds is 10. The predicted octanol–water partition coefficient (Wildman–Crippen LogP) is 5.30. The lowest BCUT2D eigenvalue weighted by atomic mass is 9.93. The molecule has 272 valence electrons. The average molecular weight is 735 g/mol. The van der Waals surface area contributed by atoms with Crippen molar-refractivity contribution in [3.05, 3.63) is 96.1 Å². The van der Waals surface area contributed by atoms with Crippen LogP contribution < -0.4 is 15.6 Å². The van der Waals surface area contributed by atoms with Gasteiger partial charge in [0.15, 0.2) is 21.4 Å². The highest BCUT2D eigenvalue weighted by Gasteiger charge is 2.46. The number of aliphatic carboxylic acids is 2. The Labute approximate surface area is 289 Å². The third-order valence-corrected chi connectivity index (χ3v) is 10.0. The van der Waals surface area contributed by atoms with Gasteiger partial charge in [-0.2, -0.15) is 13.2 Å². The van der Waals surface area contributed by atoms with E-state index in [2.05, 4.69) is 4.98 Å². The molecular formula is C34H34F4N4O8S. The van der Waals surface area contributed by atoms with Gasteiger partial charge in [0.25, 0.3) is 5.91 Å². The van der Waals surface area contributed by atoms with Gasteiger partial charge in [-0.05, 0) is 66.3 Å². The fourth-order valence-electron chi connectivity index (χ4n) is 5.76. The zero-order chi connectivity index (χ0) is 37.7. The summed E-state index contributed by atoms with van der Waals surface area (Å²) >= 11 is 0. The molecule has 0 aliphatic carbocycles. The summed E-state index contributed by atoms with van der Waals surface area (Å²) in [7, 11) is -3.76. The topological polar surface area (TPSA) is 180 Å². The number of likely N-dealkylation sites (tertiary alicyclic amines) is 1. The number of aromatic nitrogens is 1. The van der Waals surface area contributed by atoms with Crippen molar-refractivity contribution in [1.29, 1.82) is 0 Å². The summed E-state index contributed by atoms with van der Waals surface area (Å²) in [6, 6.07) is 15.0. The predicted molar refractivity (Wildman–Crippen MR) is 177 cm³/mol. The molecule has 4 aromatic rings. The van der Waals surface area contributed by atoms with Crippen LogP contribution in [0.5, 0.6) is 5.75 Å². The van der Waals surface area contributed by atoms with Gasteiger partial charge in [-0.15, -0.1) is 0 Å². The van der Waals surface area contributed by atoms with Gasteiger partial charge in [0.05, 0.1) is 34.9 Å². The van der Waals surface area contributed by atoms with Gasteiger partial charge in [-0.3, -0.25) is 19.6 Å². The summed E-state index contributed by atoms with van der Waals surface area (Å²) in [6.07, 6.45) is -1.66. The molecule has 1 saturated heterocycles. The SMILES string of the molecule is CCOc1cc([C@@H](C(=O)N2CCC(C(=O)O)C2c2ccccc2S(=O)(=O)CC)N(N)c2ccc3cnccc3c2)ccc1F.O=C(O)C(F)(F)F. The average Bonchev–Trinajstić information content (AvgIpc) is 3.55. The first kappa shape index (κ1) is 38.5. The Morgan fingerprint density at radius 3 is 2.35 bits per heavy atom. The van der Waals surface area contributed by atoms with Crippen molar-refractivity contribution < 1.29 is 55.3 Å². The number of ether oxygens (including phenoxy) is 1. The Bertz CT molecular complexity index is 2030. The van der Waals surface area contributed by atoms with E-state index in [-0.39, 0.29) is 41.5 Å². The van der Waals surface area contributed by atoms with Crippen LogP contribution in [-0.2, 0) is 24.2 Å². The Morgan fingerprint density at radius 2 is 1.73 bits per heavy atom. The lowest BCUT2D eigenvalue weighted by molar-refractivity contribution is -0.192. The highest BCUT2D eigenvalue weighted by Crippen LogP contribution is 2.43. The maximum absolute atomic E-state index is 14.7. The molecule has 4 N–H and O–H groups in total. The minimum Gasteiger partial charge on any atom is -0.491 e. The molecule has 1 fully saturated rings. The number of hydrazine groups is 1. The molecule has 17 heteroatoms. The van der Waals surface area contributed by atoms with E-state index in [1.54, 1.807) is 61.8 Å². The first-order chi connectivity index (χ1) is 24.0. The number of nitrogens with zero attached hydrogens (tertiary/aromatic N) is 3. The van der Waals surface area contributed by atoms with Crippen LogP contribution in [0.1, 0.15) is 43.5 Å². The second kappa shape index (κ2) is 15.7. The van der Waals surface area contributed by atoms with E-state index in [4.69, 9.17) is 20.5 Å². The van der Waals surface area contributed by atoms with E-state index in [0.29, 0.717) is 11.3 Å². The molecule has 2 unspecified atom stereocenters. The highest BCUT2D eigenvalue weighted by atomic mass is 32.2. The summed E-state index contributed by atoms with van der Waals surface area (Å²) in [5.74, 6) is 0.274. The first-order valence-corrected chi connectivity index (χ1v) is 17.1. The van der Waals surface area contributed by atoms with Crippen molar-refractivity contribution in [2.75, 3.05) is 23.9 Å². The molecule has 51 heavy (non-hydrogen) atoms. The number of halogens is 4. The van der Waals surface area contributed by atoms with Crippen LogP contribution in [0.4, 0.5) is 23.2 Å². The Hall–Kier alpha value is -5.29. The number of carbonyl (C=O) groups is 3. The maximum atomic E-state index is 14.7. The molecule has 5 rings (SSSR count). The van der Waals surface area contributed by atoms with Gasteiger partial charge >= 0.3 is 18.1 Å². The number of nitrogens with two attached hydrogens (primary N) is 1. The molecule has 1 aromatic heterocycles. The number of anilines is 1. The first-order valence-electron chi connectivity index (χ1n) is 15.5. The quantitative estimate of drug-likeness (QED) is 0.109. The van der Waals surface area contributed by atoms with Crippen LogP contribution in [-0.4, -0.2) is 71.4 Å². The molecule has 12 nitrogen and oxygen atoms in total. The molecule has 0 bridgehead atoms. The van der Waals surface area contributed by atoms with Gasteiger partial charge in [0, 0.05) is 24.3 Å². The number of carboxylic acids is 2. The van der Waals surface area contributed by atoms with E-state index in [1.807, 2.05) is 0 Å². The van der Waals surface area contributed by atoms with Crippen molar-refractivity contribution in [2.45, 2.75) is 43.4 Å². The van der Waals surface area contributed by atoms with Crippen LogP contribution in [0.2, 0.25) is 0 Å². The van der Waals surface area contributed by atoms with Crippen molar-refractivity contribution >= 4 is 44.1 Å². The van der Waals surface area contributed by atoms with E-state index < -0.39 is 57.7 Å². The Kier molecular flexibility index (Phi) is 11.9. The number of pyridine rings is 1. The fraction of sp³-hybridized carbons (Fsp3) is 0.294. The number of hydrogen-bond donors (Lipinski definition) is 3. The van der Waals surface area contributed by atoms with E-state index in [1.165, 1.54) is 41.1 Å². The standard InChI is InChI=1S/C32H33FN4O6S.C2HF3O2/c1-3-43-27-18-21(10-12-26(27)33)29(37(34)23-11-9-22-19-35-15-13-20(22)17-23)31(38)36-16-14-25(32(39)40)30(36)24-7-5-6-8-28(24)44(41,42)4-2;3-2(4,5)1(6)7/h5-13,15,17-19,25,29-30H,3-4,14,16,34H2,1-2H3,(H,39,40);(H,6,7)/t25?,29-,30?;/m0./s1. The molecule has 1 amide bonds. The molecule has 2 heterocycles. The maximum Gasteiger partial charge on any atom is 0.490 e. The molecule has 3 atom stereocenters. The Morgan fingerprint density at radius 1 is 1.04 bits per heavy atom. The number of carboxylic acid groups (broad SMARTS) is 2. The van der Waals surface area contributed by atoms with Crippen molar-refractivity contribution in [2.24, 2.45) is 11.8 Å². The minimum absolute atomic E-state index is 0.0249. The zero-order valence-corrected chi connectivity index (χ0v) is 28.1. The van der Waals surface area contributed by atoms with Gasteiger partial charge in [0.2, 0.25) is 0 Å². The number of amides is 1. The lowest BCUT2D eigenvalue weighted by Crippen LogP contribution is -2.47. The summed E-state index contributed by atoms with van der Waals surface area (Å²) in [6.45, 7) is 3.43. The normalized spacial score (nSPS) is 16.6. The molecular weight excluding hydrogens is 700 g/mol. The van der Waals surface area contributed by atoms with Gasteiger partial charge in [-0.25, -0.2) is 23.4 Å². The van der Waals surface area contributed by atoms with Gasteiger partial charge < -0.3 is 19.8 Å². The lowest BCUT2D eigenvalue weighted by Gasteiger charge is -2.36. The monoisotopic (exact) mass is 734 g/mol. The largest absolute Gasteiger partial charge is 0.491 e. The third kappa shape index (κ3) is 8.54. The Balaban J connectivity index is 0.000000755. The summed E-state index contributed by atoms with van der Waals surface area (Å²) in [4.78, 5) is 41.5. The minimum atomic E-state index is -5.08. The second-order valence-electron chi connectivity index (χ2n) is 11.3. The zero-order valence-electron chi connectivity index (χ0n) is 27.2. The van der Waals surface area contributed by atoms with Crippen molar-refractivity contribution in [3.8, 4) is 5.75 Å². The van der Waals surface area contributed by atoms with Crippen LogP contribution in [0, 0.1) is 11.7 Å². The summed E-state index contributed by atoms with van der Waals surface area (Å²) in [5.41, 5.74) is 0.996. The molecule has 1 aliphatic heterocycles. The number of alkyl halides is 3. The van der Waals surface area contributed by atoms with Crippen LogP contribution >= 0.6 is 0 Å². The highest BCUT2D eigenvalue weighted by molar-refractivity contribution is 7.91. The number of hydrogen-bond acceptors (Lipinski definition) is 9. The van der Waals surface area contributed by atoms with E-state index in [0.717, 1.165) is 10.8 Å². The second-order valence-corrected chi connectivity index (χ2v) is 13.5. The van der Waals surface area contributed by atoms with Gasteiger partial charge in [-0.1, -0.05) is 37.3 Å². The molecule has 0 spiro atoms. The summed E-state index contributed by atoms with van der Waals surface area (Å²) in [5, 5.41) is 20.2. The number of sulfone groups is 1. The number of carbonyl (C=O) groups excluding carboxylic acids is 1. The smallest absolute Gasteiger partial charge is 0.490 e. The fourth-order valence-corrected chi connectivity index (χ4v) is 6.91. The number of benzene rings is 3. The van der Waals surface area contributed by atoms with E-state index >= 15 is 0 Å². The third-order valence-electron chi connectivity index (χ3n) is 8.20. The molecule has 0 radical (unpaired) electrons. The molecule has 1 aliphatic rings. The van der Waals surface area contributed by atoms with Crippen LogP contribution in [0.3, 0.4) is 0 Å². The van der Waals surface area contributed by atoms with Crippen molar-refractivity contribution in [1.82, 2.24) is 9.88 Å². The van der Waals surface area contributed by atoms with Crippen LogP contribution in [0.25, 0.3) is 10.8 Å². The number of fused-ring (bicyclic) bond motifs is 1. The van der Waals surface area contributed by atoms with Crippen molar-refractivity contribution in [3.63, 3.8) is 0 Å². The van der Waals surface area contributed by atoms with Gasteiger partial charge in [0.1, 0.15) is 6.04 Å². The molecule has 3 aromatic carbocycles.